The number of nitrogens with zero attached hydrogens (tertiary/aromatic N) is 8. The van der Waals surface area contributed by atoms with Crippen molar-refractivity contribution in [2.24, 2.45) is 47.0 Å². The van der Waals surface area contributed by atoms with Crippen molar-refractivity contribution >= 4 is 81.6 Å². The molecule has 72 heavy (non-hydrogen) atoms. The van der Waals surface area contributed by atoms with Crippen LogP contribution in [-0.2, 0) is 9.59 Å². The van der Waals surface area contributed by atoms with Crippen LogP contribution in [0.5, 0.6) is 0 Å². The number of hydrogen-bond donors (Lipinski definition) is 8. The van der Waals surface area contributed by atoms with Crippen LogP contribution in [0.15, 0.2) is 48.8 Å². The number of anilines is 8. The number of piperazine rings is 2. The van der Waals surface area contributed by atoms with Crippen LogP contribution in [0.3, 0.4) is 0 Å². The average Bonchev–Trinajstić information content (AvgIpc) is 4.15. The lowest BCUT2D eigenvalue weighted by Gasteiger charge is -2.37. The molecule has 4 aromatic rings. The summed E-state index contributed by atoms with van der Waals surface area (Å²) in [5.41, 5.74) is 16.8. The molecule has 2 saturated heterocycles. The van der Waals surface area contributed by atoms with E-state index in [-0.39, 0.29) is 93.4 Å². The van der Waals surface area contributed by atoms with Crippen LogP contribution in [0.25, 0.3) is 0 Å². The van der Waals surface area contributed by atoms with Gasteiger partial charge in [0, 0.05) is 120 Å². The van der Waals surface area contributed by atoms with Crippen LogP contribution in [0.4, 0.5) is 55.1 Å². The summed E-state index contributed by atoms with van der Waals surface area (Å²) >= 11 is 3.49. The Labute approximate surface area is 426 Å². The van der Waals surface area contributed by atoms with Crippen molar-refractivity contribution in [3.8, 4) is 0 Å². The lowest BCUT2D eigenvalue weighted by molar-refractivity contribution is -0.124. The molecule has 12 atom stereocenters. The highest BCUT2D eigenvalue weighted by Crippen LogP contribution is 2.56. The lowest BCUT2D eigenvalue weighted by atomic mass is 9.83. The quantitative estimate of drug-likeness (QED) is 0.142. The Hall–Kier alpha value is -5.26. The molecule has 2 amide bonds. The summed E-state index contributed by atoms with van der Waals surface area (Å²) in [4.78, 5) is 51.0. The number of nitrogens with two attached hydrogens (primary N) is 2. The fourth-order valence-electron chi connectivity index (χ4n) is 12.9. The smallest absolute Gasteiger partial charge is 0.229 e. The standard InChI is InChI=1S/2C25H32FN7O2S/c2*1-32-4-6-33(7-5-32)18-3-2-14-10-15(18)19(34)12-36-20-9-13-8-16(20)22(21(13)23(27)35)30-24-17(26)11-28-25(29-14)31-24/h2*2-3,10-11,13,16,19-22,34H,4-9,12H2,1H3,(H2,27,35)(H2,28,29,30,31)/t13-,16+,19+,20+,21-,22+;13-,16+,19-,20+,21-,22+/m00/s1. The molecular formula is C50H64F2N14O4S2. The SMILES string of the molecule is CN1CCN(c2ccc3cc2[C@@H](O)CS[C@@H]2C[C@@H]4C[C@H]2[C@@H](Nc2nc(ncc2F)N3)[C@H]4C(N)=O)CC1.CN1CCN(c2ccc3cc2[C@H](O)CS[C@@H]2C[C@@H]4C[C@H]2[C@@H](Nc2nc(ncc2F)N3)[C@H]4C(N)=O)CC1. The van der Waals surface area contributed by atoms with Gasteiger partial charge in [-0.15, -0.1) is 0 Å². The zero-order valence-corrected chi connectivity index (χ0v) is 42.1. The molecule has 12 rings (SSSR count). The number of amides is 2. The number of aromatic nitrogens is 4. The van der Waals surface area contributed by atoms with Crippen molar-refractivity contribution in [1.82, 2.24) is 29.7 Å². The van der Waals surface area contributed by atoms with Gasteiger partial charge in [0.1, 0.15) is 0 Å². The summed E-state index contributed by atoms with van der Waals surface area (Å²) in [7, 11) is 4.25. The number of primary amides is 2. The maximum Gasteiger partial charge on any atom is 0.229 e. The van der Waals surface area contributed by atoms with E-state index in [0.717, 1.165) is 124 Å². The minimum atomic E-state index is -0.656. The molecule has 0 unspecified atom stereocenters. The number of rotatable bonds is 4. The number of aliphatic hydroxyl groups is 2. The van der Waals surface area contributed by atoms with Gasteiger partial charge < -0.3 is 62.5 Å². The van der Waals surface area contributed by atoms with Crippen LogP contribution in [0.1, 0.15) is 49.0 Å². The van der Waals surface area contributed by atoms with E-state index < -0.39 is 23.8 Å². The molecule has 6 heterocycles. The maximum atomic E-state index is 14.7. The summed E-state index contributed by atoms with van der Waals surface area (Å²) in [5.74, 6) is -0.270. The third-order valence-electron chi connectivity index (χ3n) is 16.5. The van der Waals surface area contributed by atoms with E-state index in [1.807, 2.05) is 36.4 Å². The molecule has 10 N–H and O–H groups in total. The third kappa shape index (κ3) is 9.69. The first-order valence-electron chi connectivity index (χ1n) is 25.2. The molecule has 8 aliphatic rings. The van der Waals surface area contributed by atoms with Crippen LogP contribution in [0.2, 0.25) is 0 Å². The molecule has 384 valence electrons. The Morgan fingerprint density at radius 3 is 1.42 bits per heavy atom. The largest absolute Gasteiger partial charge is 0.387 e. The fraction of sp³-hybridized carbons (Fsp3) is 0.560. The van der Waals surface area contributed by atoms with Gasteiger partial charge >= 0.3 is 0 Å². The molecule has 4 aliphatic carbocycles. The summed E-state index contributed by atoms with van der Waals surface area (Å²) in [5, 5.41) is 36.1. The van der Waals surface area contributed by atoms with E-state index in [9.17, 15) is 28.6 Å². The molecule has 12 bridgehead atoms. The van der Waals surface area contributed by atoms with Crippen molar-refractivity contribution < 1.29 is 28.6 Å². The second kappa shape index (κ2) is 20.2. The number of fused-ring (bicyclic) bond motifs is 10. The first-order valence-corrected chi connectivity index (χ1v) is 27.3. The number of carbonyl (C=O) groups is 2. The van der Waals surface area contributed by atoms with E-state index >= 15 is 0 Å². The Bertz CT molecular complexity index is 2500. The van der Waals surface area contributed by atoms with Gasteiger partial charge in [-0.25, -0.2) is 18.7 Å². The zero-order chi connectivity index (χ0) is 49.9. The first-order chi connectivity index (χ1) is 34.7. The van der Waals surface area contributed by atoms with Crippen LogP contribution < -0.4 is 42.5 Å². The fourth-order valence-corrected chi connectivity index (χ4v) is 15.9. The van der Waals surface area contributed by atoms with Gasteiger partial charge in [0.05, 0.1) is 36.4 Å². The second-order valence-electron chi connectivity index (χ2n) is 20.9. The number of likely N-dealkylation sites (N-methyl/N-ethyl adjacent to an activating group) is 2. The number of nitrogens with one attached hydrogen (secondary N) is 4. The van der Waals surface area contributed by atoms with Crippen molar-refractivity contribution in [2.45, 2.75) is 60.5 Å². The van der Waals surface area contributed by atoms with Crippen molar-refractivity contribution in [3.63, 3.8) is 0 Å². The lowest BCUT2D eigenvalue weighted by Crippen LogP contribution is -2.46. The zero-order valence-electron chi connectivity index (χ0n) is 40.5. The second-order valence-corrected chi connectivity index (χ2v) is 23.5. The summed E-state index contributed by atoms with van der Waals surface area (Å²) in [6.45, 7) is 7.47. The normalized spacial score (nSPS) is 31.9. The minimum absolute atomic E-state index is 0.0754. The first kappa shape index (κ1) is 49.0. The van der Waals surface area contributed by atoms with Crippen LogP contribution in [0, 0.1) is 47.1 Å². The van der Waals surface area contributed by atoms with E-state index in [1.54, 1.807) is 23.5 Å². The number of hydrogen-bond acceptors (Lipinski definition) is 18. The van der Waals surface area contributed by atoms with Gasteiger partial charge in [0.25, 0.3) is 0 Å². The number of halogens is 2. The van der Waals surface area contributed by atoms with Gasteiger partial charge in [-0.05, 0) is 99.8 Å². The highest BCUT2D eigenvalue weighted by Gasteiger charge is 2.56. The van der Waals surface area contributed by atoms with Gasteiger partial charge in [-0.3, -0.25) is 9.59 Å². The van der Waals surface area contributed by atoms with Crippen LogP contribution in [-0.4, -0.2) is 152 Å². The molecule has 22 heteroatoms. The summed E-state index contributed by atoms with van der Waals surface area (Å²) in [6.07, 6.45) is 4.43. The van der Waals surface area contributed by atoms with Gasteiger partial charge in [0.2, 0.25) is 23.7 Å². The highest BCUT2D eigenvalue weighted by atomic mass is 32.2. The van der Waals surface area contributed by atoms with Crippen molar-refractivity contribution in [2.75, 3.05) is 109 Å². The third-order valence-corrected chi connectivity index (χ3v) is 19.5. The van der Waals surface area contributed by atoms with Gasteiger partial charge in [0.15, 0.2) is 23.3 Å². The minimum Gasteiger partial charge on any atom is -0.387 e. The van der Waals surface area contributed by atoms with Crippen molar-refractivity contribution in [3.05, 3.63) is 71.6 Å². The molecular weight excluding hydrogens is 963 g/mol. The molecule has 4 aliphatic heterocycles. The number of thioether (sulfide) groups is 2. The van der Waals surface area contributed by atoms with Crippen molar-refractivity contribution in [1.29, 1.82) is 0 Å². The monoisotopic (exact) mass is 1030 g/mol. The molecule has 18 nitrogen and oxygen atoms in total. The highest BCUT2D eigenvalue weighted by molar-refractivity contribution is 8.00. The predicted molar refractivity (Wildman–Crippen MR) is 278 cm³/mol. The van der Waals surface area contributed by atoms with Gasteiger partial charge in [-0.1, -0.05) is 0 Å². The molecule has 4 saturated carbocycles. The maximum absolute atomic E-state index is 14.7. The number of carbonyl (C=O) groups excluding carboxylic acids is 2. The molecule has 2 aromatic heterocycles. The van der Waals surface area contributed by atoms with E-state index in [4.69, 9.17) is 11.5 Å². The van der Waals surface area contributed by atoms with E-state index in [2.05, 4.69) is 74.9 Å². The number of benzene rings is 2. The van der Waals surface area contributed by atoms with E-state index in [1.165, 1.54) is 0 Å². The van der Waals surface area contributed by atoms with Gasteiger partial charge in [-0.2, -0.15) is 33.5 Å². The number of aliphatic hydroxyl groups excluding tert-OH is 2. The summed E-state index contributed by atoms with van der Waals surface area (Å²) < 4.78 is 29.5. The summed E-state index contributed by atoms with van der Waals surface area (Å²) in [6, 6.07) is 11.3. The molecule has 6 fully saturated rings. The Balaban J connectivity index is 0.000000156. The Kier molecular flexibility index (Phi) is 13.8. The average molecular weight is 1030 g/mol. The topological polar surface area (TPSA) is 239 Å². The molecule has 0 spiro atoms. The molecule has 2 aromatic carbocycles. The van der Waals surface area contributed by atoms with E-state index in [0.29, 0.717) is 11.5 Å². The Morgan fingerprint density at radius 2 is 1.03 bits per heavy atom. The molecule has 0 radical (unpaired) electrons. The Morgan fingerprint density at radius 1 is 0.625 bits per heavy atom. The van der Waals surface area contributed by atoms with Crippen LogP contribution >= 0.6 is 23.5 Å². The predicted octanol–water partition coefficient (Wildman–Crippen LogP) is 4.36.